The number of hydrogen-bond donors (Lipinski definition) is 0. The third kappa shape index (κ3) is 4.86. The molecule has 0 aromatic heterocycles. The Bertz CT molecular complexity index is 774. The number of carbonyl (C=O) groups is 1. The van der Waals surface area contributed by atoms with Crippen molar-refractivity contribution < 1.29 is 19.0 Å². The molecule has 1 aliphatic rings. The average molecular weight is 383 g/mol. The molecule has 1 saturated carbocycles. The van der Waals surface area contributed by atoms with Crippen molar-refractivity contribution in [3.05, 3.63) is 53.6 Å². The molecular weight excluding hydrogens is 352 g/mol. The SMILES string of the molecule is CCCC1CCC(c2ccc(OC(=O)c3ccc(OC)c(OC)c3)cc2)CC1. The van der Waals surface area contributed by atoms with Gasteiger partial charge >= 0.3 is 5.97 Å². The minimum atomic E-state index is -0.409. The van der Waals surface area contributed by atoms with E-state index in [-0.39, 0.29) is 0 Å². The molecule has 0 atom stereocenters. The molecule has 0 amide bonds. The minimum absolute atomic E-state index is 0.409. The van der Waals surface area contributed by atoms with Gasteiger partial charge in [0, 0.05) is 0 Å². The lowest BCUT2D eigenvalue weighted by Crippen LogP contribution is -2.13. The van der Waals surface area contributed by atoms with Crippen molar-refractivity contribution in [2.45, 2.75) is 51.4 Å². The number of benzene rings is 2. The van der Waals surface area contributed by atoms with Crippen LogP contribution in [-0.4, -0.2) is 20.2 Å². The number of carbonyl (C=O) groups excluding carboxylic acids is 1. The Balaban J connectivity index is 1.60. The Morgan fingerprint density at radius 1 is 0.929 bits per heavy atom. The van der Waals surface area contributed by atoms with Crippen LogP contribution in [0.2, 0.25) is 0 Å². The fourth-order valence-electron chi connectivity index (χ4n) is 4.13. The van der Waals surface area contributed by atoms with E-state index in [9.17, 15) is 4.79 Å². The number of ether oxygens (including phenoxy) is 3. The first-order chi connectivity index (χ1) is 13.6. The van der Waals surface area contributed by atoms with E-state index in [4.69, 9.17) is 14.2 Å². The molecule has 4 heteroatoms. The van der Waals surface area contributed by atoms with Gasteiger partial charge in [-0.3, -0.25) is 0 Å². The summed E-state index contributed by atoms with van der Waals surface area (Å²) in [4.78, 5) is 12.4. The van der Waals surface area contributed by atoms with Crippen molar-refractivity contribution in [1.82, 2.24) is 0 Å². The third-order valence-corrected chi connectivity index (χ3v) is 5.72. The number of rotatable bonds is 7. The van der Waals surface area contributed by atoms with Crippen LogP contribution in [0.1, 0.15) is 67.3 Å². The van der Waals surface area contributed by atoms with E-state index in [1.807, 2.05) is 12.1 Å². The van der Waals surface area contributed by atoms with E-state index in [1.54, 1.807) is 32.4 Å². The van der Waals surface area contributed by atoms with E-state index >= 15 is 0 Å². The molecule has 0 saturated heterocycles. The van der Waals surface area contributed by atoms with Crippen molar-refractivity contribution in [1.29, 1.82) is 0 Å². The lowest BCUT2D eigenvalue weighted by molar-refractivity contribution is 0.0734. The summed E-state index contributed by atoms with van der Waals surface area (Å²) in [5, 5.41) is 0. The highest BCUT2D eigenvalue weighted by Crippen LogP contribution is 2.38. The number of esters is 1. The highest BCUT2D eigenvalue weighted by atomic mass is 16.5. The molecule has 2 aromatic rings. The summed E-state index contributed by atoms with van der Waals surface area (Å²) < 4.78 is 16.0. The predicted octanol–water partition coefficient (Wildman–Crippen LogP) is 6.00. The second-order valence-electron chi connectivity index (χ2n) is 7.53. The fourth-order valence-corrected chi connectivity index (χ4v) is 4.13. The van der Waals surface area contributed by atoms with E-state index < -0.39 is 5.97 Å². The van der Waals surface area contributed by atoms with Gasteiger partial charge in [0.1, 0.15) is 5.75 Å². The van der Waals surface area contributed by atoms with Gasteiger partial charge in [0.2, 0.25) is 0 Å². The van der Waals surface area contributed by atoms with Crippen molar-refractivity contribution in [2.75, 3.05) is 14.2 Å². The zero-order chi connectivity index (χ0) is 19.9. The Morgan fingerprint density at radius 2 is 1.61 bits per heavy atom. The minimum Gasteiger partial charge on any atom is -0.493 e. The molecular formula is C24H30O4. The van der Waals surface area contributed by atoms with Crippen LogP contribution in [0.25, 0.3) is 0 Å². The normalized spacial score (nSPS) is 19.1. The van der Waals surface area contributed by atoms with Crippen LogP contribution in [-0.2, 0) is 0 Å². The van der Waals surface area contributed by atoms with Crippen molar-refractivity contribution >= 4 is 5.97 Å². The maximum Gasteiger partial charge on any atom is 0.343 e. The van der Waals surface area contributed by atoms with Gasteiger partial charge in [-0.05, 0) is 73.4 Å². The molecule has 1 aliphatic carbocycles. The lowest BCUT2D eigenvalue weighted by atomic mass is 9.77. The van der Waals surface area contributed by atoms with Crippen LogP contribution >= 0.6 is 0 Å². The zero-order valence-electron chi connectivity index (χ0n) is 17.1. The van der Waals surface area contributed by atoms with Gasteiger partial charge in [0.25, 0.3) is 0 Å². The summed E-state index contributed by atoms with van der Waals surface area (Å²) in [5.41, 5.74) is 1.77. The zero-order valence-corrected chi connectivity index (χ0v) is 17.1. The maximum absolute atomic E-state index is 12.4. The quantitative estimate of drug-likeness (QED) is 0.435. The van der Waals surface area contributed by atoms with E-state index in [2.05, 4.69) is 19.1 Å². The van der Waals surface area contributed by atoms with Crippen molar-refractivity contribution in [3.63, 3.8) is 0 Å². The molecule has 0 aliphatic heterocycles. The smallest absolute Gasteiger partial charge is 0.343 e. The molecule has 0 radical (unpaired) electrons. The predicted molar refractivity (Wildman–Crippen MR) is 111 cm³/mol. The van der Waals surface area contributed by atoms with Gasteiger partial charge in [-0.25, -0.2) is 4.79 Å². The van der Waals surface area contributed by atoms with Crippen molar-refractivity contribution in [2.24, 2.45) is 5.92 Å². The molecule has 0 bridgehead atoms. The summed E-state index contributed by atoms with van der Waals surface area (Å²) in [6.45, 7) is 2.27. The van der Waals surface area contributed by atoms with Gasteiger partial charge in [-0.1, -0.05) is 31.9 Å². The van der Waals surface area contributed by atoms with Gasteiger partial charge in [-0.15, -0.1) is 0 Å². The van der Waals surface area contributed by atoms with Crippen LogP contribution < -0.4 is 14.2 Å². The lowest BCUT2D eigenvalue weighted by Gasteiger charge is -2.28. The van der Waals surface area contributed by atoms with E-state index in [0.29, 0.717) is 28.7 Å². The van der Waals surface area contributed by atoms with Gasteiger partial charge in [0.05, 0.1) is 19.8 Å². The summed E-state index contributed by atoms with van der Waals surface area (Å²) >= 11 is 0. The number of hydrogen-bond acceptors (Lipinski definition) is 4. The standard InChI is InChI=1S/C24H30O4/c1-4-5-17-6-8-18(9-7-17)19-10-13-21(14-11-19)28-24(25)20-12-15-22(26-2)23(16-20)27-3/h10-18H,4-9H2,1-3H3. The Kier molecular flexibility index (Phi) is 6.96. The van der Waals surface area contributed by atoms with Crippen LogP contribution in [0.4, 0.5) is 0 Å². The monoisotopic (exact) mass is 382 g/mol. The van der Waals surface area contributed by atoms with Gasteiger partial charge < -0.3 is 14.2 Å². The first-order valence-corrected chi connectivity index (χ1v) is 10.2. The van der Waals surface area contributed by atoms with E-state index in [0.717, 1.165) is 5.92 Å². The third-order valence-electron chi connectivity index (χ3n) is 5.72. The van der Waals surface area contributed by atoms with Crippen LogP contribution in [0, 0.1) is 5.92 Å². The topological polar surface area (TPSA) is 44.8 Å². The molecule has 0 unspecified atom stereocenters. The highest BCUT2D eigenvalue weighted by molar-refractivity contribution is 5.91. The molecule has 150 valence electrons. The molecule has 3 rings (SSSR count). The molecule has 2 aromatic carbocycles. The second-order valence-corrected chi connectivity index (χ2v) is 7.53. The van der Waals surface area contributed by atoms with Crippen LogP contribution in [0.3, 0.4) is 0 Å². The highest BCUT2D eigenvalue weighted by Gasteiger charge is 2.22. The number of methoxy groups -OCH3 is 2. The Morgan fingerprint density at radius 3 is 2.21 bits per heavy atom. The Labute approximate surface area is 167 Å². The summed E-state index contributed by atoms with van der Waals surface area (Å²) in [5.74, 6) is 2.77. The first-order valence-electron chi connectivity index (χ1n) is 10.2. The molecule has 4 nitrogen and oxygen atoms in total. The molecule has 28 heavy (non-hydrogen) atoms. The Hall–Kier alpha value is -2.49. The molecule has 1 fully saturated rings. The van der Waals surface area contributed by atoms with Crippen LogP contribution in [0.15, 0.2) is 42.5 Å². The molecule has 0 N–H and O–H groups in total. The summed E-state index contributed by atoms with van der Waals surface area (Å²) in [6, 6.07) is 13.0. The van der Waals surface area contributed by atoms with Gasteiger partial charge in [-0.2, -0.15) is 0 Å². The first kappa shape index (κ1) is 20.2. The van der Waals surface area contributed by atoms with Crippen LogP contribution in [0.5, 0.6) is 17.2 Å². The molecule has 0 spiro atoms. The fraction of sp³-hybridized carbons (Fsp3) is 0.458. The van der Waals surface area contributed by atoms with Crippen molar-refractivity contribution in [3.8, 4) is 17.2 Å². The van der Waals surface area contributed by atoms with Gasteiger partial charge in [0.15, 0.2) is 11.5 Å². The average Bonchev–Trinajstić information content (AvgIpc) is 2.74. The van der Waals surface area contributed by atoms with E-state index in [1.165, 1.54) is 44.1 Å². The summed E-state index contributed by atoms with van der Waals surface area (Å²) in [6.07, 6.45) is 7.82. The second kappa shape index (κ2) is 9.63. The summed E-state index contributed by atoms with van der Waals surface area (Å²) in [7, 11) is 3.11. The maximum atomic E-state index is 12.4. The largest absolute Gasteiger partial charge is 0.493 e. The molecule has 0 heterocycles.